The fourth-order valence-corrected chi connectivity index (χ4v) is 3.23. The van der Waals surface area contributed by atoms with Crippen molar-refractivity contribution >= 4 is 29.3 Å². The second-order valence-corrected chi connectivity index (χ2v) is 6.67. The second kappa shape index (κ2) is 9.28. The molecule has 0 spiro atoms. The highest BCUT2D eigenvalue weighted by molar-refractivity contribution is 6.33. The van der Waals surface area contributed by atoms with Gasteiger partial charge in [-0.05, 0) is 35.9 Å². The van der Waals surface area contributed by atoms with Crippen LogP contribution < -0.4 is 9.64 Å². The zero-order valence-corrected chi connectivity index (χ0v) is 15.9. The molecule has 2 aromatic carbocycles. The number of amides is 1. The van der Waals surface area contributed by atoms with E-state index in [-0.39, 0.29) is 5.91 Å². The average molecular weight is 383 g/mol. The molecular formula is C22H23ClN2O2. The summed E-state index contributed by atoms with van der Waals surface area (Å²) in [5.74, 6) is 0.815. The van der Waals surface area contributed by atoms with Crippen LogP contribution in [0, 0.1) is 0 Å². The van der Waals surface area contributed by atoms with Crippen molar-refractivity contribution in [3.05, 3.63) is 77.8 Å². The first-order chi connectivity index (χ1) is 13.2. The lowest BCUT2D eigenvalue weighted by molar-refractivity contribution is -0.126. The number of carbonyl (C=O) groups excluding carboxylic acids is 1. The van der Waals surface area contributed by atoms with E-state index < -0.39 is 0 Å². The van der Waals surface area contributed by atoms with Gasteiger partial charge in [-0.25, -0.2) is 0 Å². The summed E-state index contributed by atoms with van der Waals surface area (Å²) in [5.41, 5.74) is 1.99. The molecule has 5 heteroatoms. The number of hydrogen-bond donors (Lipinski definition) is 0. The van der Waals surface area contributed by atoms with Crippen LogP contribution >= 0.6 is 11.6 Å². The van der Waals surface area contributed by atoms with Crippen LogP contribution in [0.5, 0.6) is 5.75 Å². The van der Waals surface area contributed by atoms with Crippen molar-refractivity contribution in [1.29, 1.82) is 0 Å². The van der Waals surface area contributed by atoms with Gasteiger partial charge in [0.25, 0.3) is 0 Å². The van der Waals surface area contributed by atoms with Crippen molar-refractivity contribution in [2.75, 3.05) is 37.7 Å². The molecule has 1 fully saturated rings. The zero-order valence-electron chi connectivity index (χ0n) is 15.2. The van der Waals surface area contributed by atoms with E-state index in [9.17, 15) is 4.79 Å². The SMILES string of the molecule is C=CCOc1ccc(/C=C/C(=O)N2CCN(c3ccccc3Cl)CC2)cc1. The maximum Gasteiger partial charge on any atom is 0.246 e. The Balaban J connectivity index is 1.52. The summed E-state index contributed by atoms with van der Waals surface area (Å²) in [4.78, 5) is 16.5. The minimum atomic E-state index is 0.0285. The number of halogens is 1. The Bertz CT molecular complexity index is 809. The Morgan fingerprint density at radius 1 is 1.07 bits per heavy atom. The Labute approximate surface area is 165 Å². The molecule has 0 atom stereocenters. The molecule has 1 aliphatic heterocycles. The number of piperazine rings is 1. The van der Waals surface area contributed by atoms with Crippen molar-refractivity contribution in [1.82, 2.24) is 4.90 Å². The molecular weight excluding hydrogens is 360 g/mol. The van der Waals surface area contributed by atoms with Gasteiger partial charge in [0, 0.05) is 32.3 Å². The van der Waals surface area contributed by atoms with Gasteiger partial charge in [0.2, 0.25) is 5.91 Å². The lowest BCUT2D eigenvalue weighted by Gasteiger charge is -2.36. The first-order valence-electron chi connectivity index (χ1n) is 8.97. The average Bonchev–Trinajstić information content (AvgIpc) is 2.72. The molecule has 1 heterocycles. The molecule has 1 aliphatic rings. The van der Waals surface area contributed by atoms with Crippen LogP contribution in [0.3, 0.4) is 0 Å². The maximum absolute atomic E-state index is 12.4. The Morgan fingerprint density at radius 3 is 2.44 bits per heavy atom. The van der Waals surface area contributed by atoms with E-state index in [1.807, 2.05) is 59.5 Å². The monoisotopic (exact) mass is 382 g/mol. The molecule has 4 nitrogen and oxygen atoms in total. The molecule has 0 saturated carbocycles. The number of nitrogens with zero attached hydrogens (tertiary/aromatic N) is 2. The Kier molecular flexibility index (Phi) is 6.55. The smallest absolute Gasteiger partial charge is 0.246 e. The van der Waals surface area contributed by atoms with E-state index in [0.29, 0.717) is 19.7 Å². The highest BCUT2D eigenvalue weighted by atomic mass is 35.5. The molecule has 1 amide bonds. The van der Waals surface area contributed by atoms with Gasteiger partial charge < -0.3 is 14.5 Å². The predicted molar refractivity (Wildman–Crippen MR) is 111 cm³/mol. The number of ether oxygens (including phenoxy) is 1. The summed E-state index contributed by atoms with van der Waals surface area (Å²) in [6.07, 6.45) is 5.17. The Hall–Kier alpha value is -2.72. The molecule has 27 heavy (non-hydrogen) atoms. The molecule has 0 aromatic heterocycles. The third-order valence-corrected chi connectivity index (χ3v) is 4.77. The third kappa shape index (κ3) is 5.14. The minimum absolute atomic E-state index is 0.0285. The minimum Gasteiger partial charge on any atom is -0.490 e. The fraction of sp³-hybridized carbons (Fsp3) is 0.227. The van der Waals surface area contributed by atoms with Crippen molar-refractivity contribution in [3.8, 4) is 5.75 Å². The molecule has 0 N–H and O–H groups in total. The summed E-state index contributed by atoms with van der Waals surface area (Å²) >= 11 is 6.27. The largest absolute Gasteiger partial charge is 0.490 e. The molecule has 140 valence electrons. The van der Waals surface area contributed by atoms with Gasteiger partial charge >= 0.3 is 0 Å². The van der Waals surface area contributed by atoms with E-state index >= 15 is 0 Å². The number of hydrogen-bond acceptors (Lipinski definition) is 3. The summed E-state index contributed by atoms with van der Waals surface area (Å²) in [6.45, 7) is 7.02. The quantitative estimate of drug-likeness (QED) is 0.552. The number of anilines is 1. The first kappa shape index (κ1) is 19.1. The zero-order chi connectivity index (χ0) is 19.1. The molecule has 3 rings (SSSR count). The van der Waals surface area contributed by atoms with Crippen molar-refractivity contribution < 1.29 is 9.53 Å². The Morgan fingerprint density at radius 2 is 1.78 bits per heavy atom. The van der Waals surface area contributed by atoms with E-state index in [0.717, 1.165) is 35.1 Å². The van der Waals surface area contributed by atoms with Crippen LogP contribution in [0.25, 0.3) is 6.08 Å². The molecule has 1 saturated heterocycles. The normalized spacial score (nSPS) is 14.4. The maximum atomic E-state index is 12.4. The number of rotatable bonds is 6. The molecule has 0 unspecified atom stereocenters. The van der Waals surface area contributed by atoms with Crippen LogP contribution in [0.4, 0.5) is 5.69 Å². The van der Waals surface area contributed by atoms with Crippen LogP contribution in [-0.2, 0) is 4.79 Å². The standard InChI is InChI=1S/C22H23ClN2O2/c1-2-17-27-19-10-7-18(8-11-19)9-12-22(26)25-15-13-24(14-16-25)21-6-4-3-5-20(21)23/h2-12H,1,13-17H2/b12-9+. The highest BCUT2D eigenvalue weighted by Gasteiger charge is 2.20. The summed E-state index contributed by atoms with van der Waals surface area (Å²) in [5, 5.41) is 0.748. The fourth-order valence-electron chi connectivity index (χ4n) is 2.98. The topological polar surface area (TPSA) is 32.8 Å². The molecule has 0 bridgehead atoms. The highest BCUT2D eigenvalue weighted by Crippen LogP contribution is 2.26. The van der Waals surface area contributed by atoms with Crippen molar-refractivity contribution in [2.24, 2.45) is 0 Å². The van der Waals surface area contributed by atoms with Crippen molar-refractivity contribution in [2.45, 2.75) is 0 Å². The first-order valence-corrected chi connectivity index (χ1v) is 9.35. The van der Waals surface area contributed by atoms with Crippen LogP contribution in [-0.4, -0.2) is 43.6 Å². The summed E-state index contributed by atoms with van der Waals surface area (Å²) in [7, 11) is 0. The van der Waals surface area contributed by atoms with Gasteiger partial charge in [0.15, 0.2) is 0 Å². The van der Waals surface area contributed by atoms with E-state index in [1.165, 1.54) is 0 Å². The van der Waals surface area contributed by atoms with Crippen LogP contribution in [0.15, 0.2) is 67.3 Å². The number of benzene rings is 2. The summed E-state index contributed by atoms with van der Waals surface area (Å²) < 4.78 is 5.45. The van der Waals surface area contributed by atoms with Crippen LogP contribution in [0.1, 0.15) is 5.56 Å². The van der Waals surface area contributed by atoms with Gasteiger partial charge in [0.05, 0.1) is 10.7 Å². The van der Waals surface area contributed by atoms with Crippen LogP contribution in [0.2, 0.25) is 5.02 Å². The lowest BCUT2D eigenvalue weighted by Crippen LogP contribution is -2.48. The van der Waals surface area contributed by atoms with E-state index in [2.05, 4.69) is 11.5 Å². The van der Waals surface area contributed by atoms with E-state index in [4.69, 9.17) is 16.3 Å². The van der Waals surface area contributed by atoms with Gasteiger partial charge in [-0.3, -0.25) is 4.79 Å². The number of para-hydroxylation sites is 1. The molecule has 2 aromatic rings. The third-order valence-electron chi connectivity index (χ3n) is 4.45. The van der Waals surface area contributed by atoms with E-state index in [1.54, 1.807) is 12.2 Å². The second-order valence-electron chi connectivity index (χ2n) is 6.27. The molecule has 0 radical (unpaired) electrons. The lowest BCUT2D eigenvalue weighted by atomic mass is 10.2. The van der Waals surface area contributed by atoms with Gasteiger partial charge in [-0.15, -0.1) is 0 Å². The molecule has 0 aliphatic carbocycles. The van der Waals surface area contributed by atoms with Gasteiger partial charge in [0.1, 0.15) is 12.4 Å². The van der Waals surface area contributed by atoms with Gasteiger partial charge in [-0.2, -0.15) is 0 Å². The number of carbonyl (C=O) groups is 1. The van der Waals surface area contributed by atoms with Crippen molar-refractivity contribution in [3.63, 3.8) is 0 Å². The van der Waals surface area contributed by atoms with Gasteiger partial charge in [-0.1, -0.05) is 48.5 Å². The summed E-state index contributed by atoms with van der Waals surface area (Å²) in [6, 6.07) is 15.4. The predicted octanol–water partition coefficient (Wildman–Crippen LogP) is 4.27.